The lowest BCUT2D eigenvalue weighted by Crippen LogP contribution is -2.53. The monoisotopic (exact) mass is 403 g/mol. The number of amides is 1. The molecule has 2 N–H and O–H groups in total. The molecule has 0 spiro atoms. The summed E-state index contributed by atoms with van der Waals surface area (Å²) in [6, 6.07) is -0.298. The quantitative estimate of drug-likeness (QED) is 0.518. The Hall–Kier alpha value is -1.08. The van der Waals surface area contributed by atoms with E-state index in [1.165, 1.54) is 0 Å². The molecule has 7 heteroatoms. The standard InChI is InChI=1S/C20H41NO5Si/c1-14(2)13-15(21-18(24)25-19(3,4)5)16(11-12-17(22)23)26-27(9,10)20(6,7)8/h14-16H,11-13H2,1-10H3,(H,21,24)(H,22,23)/t15-,16-/m0/s1. The van der Waals surface area contributed by atoms with Gasteiger partial charge in [-0.15, -0.1) is 0 Å². The van der Waals surface area contributed by atoms with Gasteiger partial charge in [0.25, 0.3) is 0 Å². The molecule has 0 aliphatic rings. The molecule has 6 nitrogen and oxygen atoms in total. The minimum Gasteiger partial charge on any atom is -0.481 e. The summed E-state index contributed by atoms with van der Waals surface area (Å²) >= 11 is 0. The molecule has 0 aromatic carbocycles. The molecule has 0 fully saturated rings. The second-order valence-electron chi connectivity index (χ2n) is 10.2. The number of nitrogens with one attached hydrogen (secondary N) is 1. The molecular weight excluding hydrogens is 362 g/mol. The number of carboxylic acid groups (broad SMARTS) is 1. The number of alkyl carbamates (subject to hydrolysis) is 1. The Labute approximate surface area is 166 Å². The van der Waals surface area contributed by atoms with Crippen molar-refractivity contribution >= 4 is 20.4 Å². The Morgan fingerprint density at radius 1 is 1.07 bits per heavy atom. The van der Waals surface area contributed by atoms with Crippen LogP contribution in [0.2, 0.25) is 18.1 Å². The molecule has 27 heavy (non-hydrogen) atoms. The summed E-state index contributed by atoms with van der Waals surface area (Å²) in [5.41, 5.74) is -0.594. The molecule has 0 aliphatic carbocycles. The van der Waals surface area contributed by atoms with E-state index in [9.17, 15) is 9.59 Å². The topological polar surface area (TPSA) is 84.9 Å². The van der Waals surface area contributed by atoms with Crippen LogP contribution >= 0.6 is 0 Å². The fourth-order valence-corrected chi connectivity index (χ4v) is 3.83. The molecule has 0 bridgehead atoms. The zero-order chi connectivity index (χ0) is 21.6. The fourth-order valence-electron chi connectivity index (χ4n) is 2.43. The van der Waals surface area contributed by atoms with E-state index >= 15 is 0 Å². The fraction of sp³-hybridized carbons (Fsp3) is 0.900. The minimum atomic E-state index is -2.14. The van der Waals surface area contributed by atoms with Crippen molar-refractivity contribution in [2.24, 2.45) is 5.92 Å². The summed E-state index contributed by atoms with van der Waals surface area (Å²) in [7, 11) is -2.14. The van der Waals surface area contributed by atoms with Crippen LogP contribution in [-0.4, -0.2) is 43.2 Å². The number of carbonyl (C=O) groups is 2. The third-order valence-electron chi connectivity index (χ3n) is 4.77. The smallest absolute Gasteiger partial charge is 0.407 e. The van der Waals surface area contributed by atoms with E-state index in [4.69, 9.17) is 14.3 Å². The SMILES string of the molecule is CC(C)C[C@H](NC(=O)OC(C)(C)C)[C@H](CCC(=O)O)O[Si](C)(C)C(C)(C)C. The van der Waals surface area contributed by atoms with Crippen molar-refractivity contribution in [3.63, 3.8) is 0 Å². The number of aliphatic carboxylic acids is 1. The van der Waals surface area contributed by atoms with Gasteiger partial charge in [0, 0.05) is 6.42 Å². The Balaban J connectivity index is 5.55. The average molecular weight is 404 g/mol. The largest absolute Gasteiger partial charge is 0.481 e. The number of rotatable bonds is 9. The van der Waals surface area contributed by atoms with E-state index in [2.05, 4.69) is 53.0 Å². The highest BCUT2D eigenvalue weighted by molar-refractivity contribution is 6.74. The molecular formula is C20H41NO5Si. The first-order chi connectivity index (χ1) is 11.9. The van der Waals surface area contributed by atoms with Crippen LogP contribution < -0.4 is 5.32 Å². The maximum Gasteiger partial charge on any atom is 0.407 e. The molecule has 0 rings (SSSR count). The molecule has 0 aromatic heterocycles. The first-order valence-corrected chi connectivity index (χ1v) is 12.7. The Kier molecular flexibility index (Phi) is 9.52. The molecule has 0 aliphatic heterocycles. The number of hydrogen-bond donors (Lipinski definition) is 2. The van der Waals surface area contributed by atoms with Crippen molar-refractivity contribution in [2.75, 3.05) is 0 Å². The molecule has 0 aromatic rings. The second kappa shape index (κ2) is 9.91. The maximum absolute atomic E-state index is 12.4. The second-order valence-corrected chi connectivity index (χ2v) is 15.0. The molecule has 1 amide bonds. The van der Waals surface area contributed by atoms with Gasteiger partial charge in [0.05, 0.1) is 12.1 Å². The van der Waals surface area contributed by atoms with Crippen LogP contribution in [0.15, 0.2) is 0 Å². The molecule has 160 valence electrons. The number of carbonyl (C=O) groups excluding carboxylic acids is 1. The van der Waals surface area contributed by atoms with E-state index in [1.807, 2.05) is 20.8 Å². The summed E-state index contributed by atoms with van der Waals surface area (Å²) < 4.78 is 12.0. The van der Waals surface area contributed by atoms with Crippen molar-refractivity contribution < 1.29 is 23.9 Å². The van der Waals surface area contributed by atoms with Gasteiger partial charge in [-0.3, -0.25) is 4.79 Å². The third kappa shape index (κ3) is 10.7. The van der Waals surface area contributed by atoms with Gasteiger partial charge in [0.15, 0.2) is 8.32 Å². The van der Waals surface area contributed by atoms with Gasteiger partial charge >= 0.3 is 12.1 Å². The number of hydrogen-bond acceptors (Lipinski definition) is 4. The van der Waals surface area contributed by atoms with Gasteiger partial charge in [-0.25, -0.2) is 4.79 Å². The van der Waals surface area contributed by atoms with Gasteiger partial charge in [-0.2, -0.15) is 0 Å². The first-order valence-electron chi connectivity index (χ1n) is 9.83. The van der Waals surface area contributed by atoms with Crippen molar-refractivity contribution in [3.05, 3.63) is 0 Å². The van der Waals surface area contributed by atoms with Crippen LogP contribution in [0.3, 0.4) is 0 Å². The van der Waals surface area contributed by atoms with E-state index in [1.54, 1.807) is 0 Å². The van der Waals surface area contributed by atoms with Gasteiger partial charge in [-0.05, 0) is 57.7 Å². The lowest BCUT2D eigenvalue weighted by atomic mass is 9.96. The van der Waals surface area contributed by atoms with Crippen LogP contribution in [0.4, 0.5) is 4.79 Å². The molecule has 0 saturated carbocycles. The Morgan fingerprint density at radius 2 is 1.59 bits per heavy atom. The average Bonchev–Trinajstić information content (AvgIpc) is 2.38. The summed E-state index contributed by atoms with van der Waals surface area (Å²) in [6.07, 6.45) is 0.195. The van der Waals surface area contributed by atoms with Gasteiger partial charge in [-0.1, -0.05) is 34.6 Å². The molecule has 0 saturated heterocycles. The van der Waals surface area contributed by atoms with E-state index in [0.29, 0.717) is 18.8 Å². The minimum absolute atomic E-state index is 0.00385. The predicted molar refractivity (Wildman–Crippen MR) is 112 cm³/mol. The van der Waals surface area contributed by atoms with E-state index in [-0.39, 0.29) is 23.6 Å². The Morgan fingerprint density at radius 3 is 1.96 bits per heavy atom. The van der Waals surface area contributed by atoms with Crippen LogP contribution in [0, 0.1) is 5.92 Å². The molecule has 2 atom stereocenters. The number of ether oxygens (including phenoxy) is 1. The lowest BCUT2D eigenvalue weighted by molar-refractivity contribution is -0.137. The van der Waals surface area contributed by atoms with Crippen molar-refractivity contribution in [1.82, 2.24) is 5.32 Å². The van der Waals surface area contributed by atoms with Crippen LogP contribution in [0.5, 0.6) is 0 Å². The molecule has 0 unspecified atom stereocenters. The summed E-state index contributed by atoms with van der Waals surface area (Å²) in [4.78, 5) is 23.5. The normalized spacial score (nSPS) is 15.4. The predicted octanol–water partition coefficient (Wildman–Crippen LogP) is 5.18. The van der Waals surface area contributed by atoms with Crippen molar-refractivity contribution in [2.45, 2.75) is 111 Å². The highest BCUT2D eigenvalue weighted by atomic mass is 28.4. The zero-order valence-corrected chi connectivity index (χ0v) is 19.9. The van der Waals surface area contributed by atoms with E-state index < -0.39 is 26.0 Å². The first kappa shape index (κ1) is 25.9. The van der Waals surface area contributed by atoms with Crippen LogP contribution in [0.25, 0.3) is 0 Å². The zero-order valence-electron chi connectivity index (χ0n) is 18.9. The Bertz CT molecular complexity index is 492. The van der Waals surface area contributed by atoms with Crippen LogP contribution in [-0.2, 0) is 14.0 Å². The van der Waals surface area contributed by atoms with Gasteiger partial charge < -0.3 is 19.6 Å². The molecule has 0 radical (unpaired) electrons. The maximum atomic E-state index is 12.4. The highest BCUT2D eigenvalue weighted by Crippen LogP contribution is 2.38. The van der Waals surface area contributed by atoms with Crippen LogP contribution in [0.1, 0.15) is 74.7 Å². The van der Waals surface area contributed by atoms with Gasteiger partial charge in [0.2, 0.25) is 0 Å². The van der Waals surface area contributed by atoms with E-state index in [0.717, 1.165) is 0 Å². The van der Waals surface area contributed by atoms with Crippen molar-refractivity contribution in [1.29, 1.82) is 0 Å². The summed E-state index contributed by atoms with van der Waals surface area (Å²) in [5, 5.41) is 12.1. The third-order valence-corrected chi connectivity index (χ3v) is 9.28. The lowest BCUT2D eigenvalue weighted by Gasteiger charge is -2.42. The van der Waals surface area contributed by atoms with Gasteiger partial charge in [0.1, 0.15) is 5.60 Å². The van der Waals surface area contributed by atoms with Crippen molar-refractivity contribution in [3.8, 4) is 0 Å². The highest BCUT2D eigenvalue weighted by Gasteiger charge is 2.41. The summed E-state index contributed by atoms with van der Waals surface area (Å²) in [6.45, 7) is 20.3. The number of carboxylic acids is 1. The molecule has 0 heterocycles. The summed E-state index contributed by atoms with van der Waals surface area (Å²) in [5.74, 6) is -0.542.